The fourth-order valence-electron chi connectivity index (χ4n) is 4.91. The van der Waals surface area contributed by atoms with Crippen LogP contribution in [0.1, 0.15) is 17.7 Å². The second kappa shape index (κ2) is 7.16. The molecule has 2 aliphatic heterocycles. The maximum Gasteiger partial charge on any atom is 0.324 e. The van der Waals surface area contributed by atoms with Crippen LogP contribution < -0.4 is 20.3 Å². The van der Waals surface area contributed by atoms with Gasteiger partial charge in [-0.2, -0.15) is 9.97 Å². The number of fused-ring (bicyclic) bond motifs is 4. The van der Waals surface area contributed by atoms with Crippen molar-refractivity contribution in [1.29, 1.82) is 0 Å². The summed E-state index contributed by atoms with van der Waals surface area (Å²) in [6, 6.07) is 7.55. The molecule has 8 heteroatoms. The molecule has 0 amide bonds. The summed E-state index contributed by atoms with van der Waals surface area (Å²) in [5, 5.41) is 6.65. The number of ether oxygens (including phenoxy) is 1. The zero-order chi connectivity index (χ0) is 20.9. The van der Waals surface area contributed by atoms with Crippen LogP contribution in [0.2, 0.25) is 0 Å². The van der Waals surface area contributed by atoms with E-state index in [1.54, 1.807) is 18.5 Å². The summed E-state index contributed by atoms with van der Waals surface area (Å²) in [4.78, 5) is 15.9. The molecule has 0 bridgehead atoms. The molecule has 2 aromatic heterocycles. The Morgan fingerprint density at radius 3 is 2.97 bits per heavy atom. The molecule has 2 atom stereocenters. The van der Waals surface area contributed by atoms with E-state index in [4.69, 9.17) is 14.7 Å². The number of nitrogens with one attached hydrogen (secondary N) is 2. The molecule has 0 saturated carbocycles. The summed E-state index contributed by atoms with van der Waals surface area (Å²) in [6.07, 6.45) is 5.07. The van der Waals surface area contributed by atoms with Gasteiger partial charge in [0.2, 0.25) is 0 Å². The average molecular weight is 418 g/mol. The SMILES string of the molecule is CNc1cc(F)cc2c1Cc1nc(Oc3cccnc3)nc(N3CCC4CNC4C3)c1-2. The van der Waals surface area contributed by atoms with Crippen LogP contribution in [0.25, 0.3) is 11.1 Å². The first kappa shape index (κ1) is 18.5. The number of halogens is 1. The monoisotopic (exact) mass is 418 g/mol. The fourth-order valence-corrected chi connectivity index (χ4v) is 4.91. The minimum atomic E-state index is -0.267. The highest BCUT2D eigenvalue weighted by Crippen LogP contribution is 2.46. The lowest BCUT2D eigenvalue weighted by Gasteiger charge is -2.46. The van der Waals surface area contributed by atoms with Gasteiger partial charge in [0, 0.05) is 50.0 Å². The Hall–Kier alpha value is -3.26. The first-order chi connectivity index (χ1) is 15.2. The molecule has 158 valence electrons. The fraction of sp³-hybridized carbons (Fsp3) is 0.348. The third kappa shape index (κ3) is 3.09. The number of nitrogens with zero attached hydrogens (tertiary/aromatic N) is 4. The normalized spacial score (nSPS) is 21.0. The number of hydrogen-bond acceptors (Lipinski definition) is 7. The summed E-state index contributed by atoms with van der Waals surface area (Å²) >= 11 is 0. The number of aromatic nitrogens is 3. The van der Waals surface area contributed by atoms with Crippen LogP contribution in [0.15, 0.2) is 36.7 Å². The molecule has 31 heavy (non-hydrogen) atoms. The lowest BCUT2D eigenvalue weighted by Crippen LogP contribution is -2.62. The van der Waals surface area contributed by atoms with E-state index >= 15 is 0 Å². The predicted octanol–water partition coefficient (Wildman–Crippen LogP) is 3.21. The van der Waals surface area contributed by atoms with Gasteiger partial charge in [0.1, 0.15) is 17.4 Å². The third-order valence-electron chi connectivity index (χ3n) is 6.58. The number of benzene rings is 1. The Morgan fingerprint density at radius 2 is 2.23 bits per heavy atom. The second-order valence-corrected chi connectivity index (χ2v) is 8.36. The van der Waals surface area contributed by atoms with E-state index in [2.05, 4.69) is 20.5 Å². The van der Waals surface area contributed by atoms with Gasteiger partial charge in [0.05, 0.1) is 11.9 Å². The lowest BCUT2D eigenvalue weighted by atomic mass is 9.85. The van der Waals surface area contributed by atoms with Crippen LogP contribution in [0.5, 0.6) is 11.8 Å². The van der Waals surface area contributed by atoms with E-state index < -0.39 is 0 Å². The van der Waals surface area contributed by atoms with Gasteiger partial charge in [-0.15, -0.1) is 0 Å². The molecule has 0 radical (unpaired) electrons. The van der Waals surface area contributed by atoms with E-state index in [9.17, 15) is 4.39 Å². The summed E-state index contributed by atoms with van der Waals surface area (Å²) in [6.45, 7) is 2.89. The highest BCUT2D eigenvalue weighted by Gasteiger charge is 2.38. The van der Waals surface area contributed by atoms with Crippen molar-refractivity contribution in [3.05, 3.63) is 53.7 Å². The van der Waals surface area contributed by atoms with Crippen molar-refractivity contribution in [2.75, 3.05) is 36.9 Å². The molecule has 0 spiro atoms. The van der Waals surface area contributed by atoms with Crippen molar-refractivity contribution in [2.45, 2.75) is 18.9 Å². The van der Waals surface area contributed by atoms with E-state index in [1.165, 1.54) is 6.07 Å². The molecule has 2 saturated heterocycles. The van der Waals surface area contributed by atoms with Crippen LogP contribution >= 0.6 is 0 Å². The van der Waals surface area contributed by atoms with Gasteiger partial charge < -0.3 is 20.3 Å². The Kier molecular flexibility index (Phi) is 4.27. The first-order valence-corrected chi connectivity index (χ1v) is 10.7. The van der Waals surface area contributed by atoms with Crippen LogP contribution in [-0.2, 0) is 6.42 Å². The van der Waals surface area contributed by atoms with Crippen molar-refractivity contribution >= 4 is 11.5 Å². The standard InChI is InChI=1S/C23H23FN6O/c1-25-18-8-14(24)7-17-16(18)9-19-21(17)22(30-6-4-13-10-27-20(13)12-30)29-23(28-19)31-15-3-2-5-26-11-15/h2-3,5,7-8,11,13,20,25,27H,4,6,9-10,12H2,1H3. The summed E-state index contributed by atoms with van der Waals surface area (Å²) < 4.78 is 20.4. The highest BCUT2D eigenvalue weighted by molar-refractivity contribution is 5.88. The van der Waals surface area contributed by atoms with Crippen molar-refractivity contribution < 1.29 is 9.13 Å². The number of hydrogen-bond donors (Lipinski definition) is 2. The minimum absolute atomic E-state index is 0.267. The van der Waals surface area contributed by atoms with Crippen LogP contribution in [-0.4, -0.2) is 47.7 Å². The first-order valence-electron chi connectivity index (χ1n) is 10.7. The van der Waals surface area contributed by atoms with E-state index in [0.29, 0.717) is 24.2 Å². The molecule has 3 aliphatic rings. The van der Waals surface area contributed by atoms with Gasteiger partial charge in [-0.1, -0.05) is 0 Å². The van der Waals surface area contributed by atoms with Crippen molar-refractivity contribution in [3.63, 3.8) is 0 Å². The van der Waals surface area contributed by atoms with Crippen LogP contribution in [0, 0.1) is 11.7 Å². The molecule has 2 unspecified atom stereocenters. The van der Waals surface area contributed by atoms with Gasteiger partial charge in [-0.3, -0.25) is 4.98 Å². The zero-order valence-electron chi connectivity index (χ0n) is 17.2. The van der Waals surface area contributed by atoms with Gasteiger partial charge in [-0.05, 0) is 54.3 Å². The maximum atomic E-state index is 14.4. The van der Waals surface area contributed by atoms with E-state index in [-0.39, 0.29) is 5.82 Å². The van der Waals surface area contributed by atoms with Crippen LogP contribution in [0.3, 0.4) is 0 Å². The van der Waals surface area contributed by atoms with Crippen molar-refractivity contribution in [1.82, 2.24) is 20.3 Å². The highest BCUT2D eigenvalue weighted by atomic mass is 19.1. The van der Waals surface area contributed by atoms with Gasteiger partial charge in [0.15, 0.2) is 0 Å². The largest absolute Gasteiger partial charge is 0.423 e. The molecule has 6 rings (SSSR count). The molecule has 2 fully saturated rings. The van der Waals surface area contributed by atoms with Gasteiger partial charge >= 0.3 is 6.01 Å². The molecule has 7 nitrogen and oxygen atoms in total. The van der Waals surface area contributed by atoms with Crippen molar-refractivity contribution in [3.8, 4) is 22.9 Å². The molecule has 2 N–H and O–H groups in total. The number of piperidine rings is 1. The minimum Gasteiger partial charge on any atom is -0.423 e. The smallest absolute Gasteiger partial charge is 0.324 e. The molecule has 3 aromatic rings. The Labute approximate surface area is 179 Å². The molecule has 1 aromatic carbocycles. The van der Waals surface area contributed by atoms with Gasteiger partial charge in [-0.25, -0.2) is 4.39 Å². The Balaban J connectivity index is 1.47. The third-order valence-corrected chi connectivity index (χ3v) is 6.58. The molecular weight excluding hydrogens is 395 g/mol. The molecule has 1 aliphatic carbocycles. The predicted molar refractivity (Wildman–Crippen MR) is 116 cm³/mol. The number of pyridine rings is 1. The quantitative estimate of drug-likeness (QED) is 0.527. The lowest BCUT2D eigenvalue weighted by molar-refractivity contribution is 0.196. The summed E-state index contributed by atoms with van der Waals surface area (Å²) in [7, 11) is 1.81. The zero-order valence-corrected chi connectivity index (χ0v) is 17.2. The molecule has 4 heterocycles. The van der Waals surface area contributed by atoms with Gasteiger partial charge in [0.25, 0.3) is 0 Å². The second-order valence-electron chi connectivity index (χ2n) is 8.36. The summed E-state index contributed by atoms with van der Waals surface area (Å²) in [5.74, 6) is 1.88. The van der Waals surface area contributed by atoms with E-state index in [1.807, 2.05) is 19.2 Å². The number of anilines is 2. The molecular formula is C23H23FN6O. The van der Waals surface area contributed by atoms with Crippen LogP contribution in [0.4, 0.5) is 15.9 Å². The Bertz CT molecular complexity index is 1150. The van der Waals surface area contributed by atoms with Crippen molar-refractivity contribution in [2.24, 2.45) is 5.92 Å². The number of rotatable bonds is 4. The maximum absolute atomic E-state index is 14.4. The Morgan fingerprint density at radius 1 is 1.29 bits per heavy atom. The summed E-state index contributed by atoms with van der Waals surface area (Å²) in [5.41, 5.74) is 4.48. The van der Waals surface area contributed by atoms with E-state index in [0.717, 1.165) is 65.9 Å². The topological polar surface area (TPSA) is 75.2 Å². The average Bonchev–Trinajstić information content (AvgIpc) is 3.12.